The van der Waals surface area contributed by atoms with Crippen molar-refractivity contribution in [1.29, 1.82) is 0 Å². The molecule has 0 atom stereocenters. The Bertz CT molecular complexity index is 527. The number of benzene rings is 1. The summed E-state index contributed by atoms with van der Waals surface area (Å²) < 4.78 is 11.0. The Labute approximate surface area is 149 Å². The van der Waals surface area contributed by atoms with E-state index in [-0.39, 0.29) is 11.3 Å². The van der Waals surface area contributed by atoms with Gasteiger partial charge in [0.15, 0.2) is 0 Å². The van der Waals surface area contributed by atoms with E-state index in [0.717, 1.165) is 38.1 Å². The van der Waals surface area contributed by atoms with Gasteiger partial charge in [0, 0.05) is 25.7 Å². The minimum atomic E-state index is -0.386. The molecule has 1 aromatic carbocycles. The second-order valence-electron chi connectivity index (χ2n) is 6.35. The third-order valence-corrected chi connectivity index (χ3v) is 4.72. The molecule has 2 rings (SSSR count). The van der Waals surface area contributed by atoms with Crippen molar-refractivity contribution in [1.82, 2.24) is 10.2 Å². The third kappa shape index (κ3) is 5.10. The van der Waals surface area contributed by atoms with Gasteiger partial charge in [0.05, 0.1) is 18.6 Å². The summed E-state index contributed by atoms with van der Waals surface area (Å²) in [5.41, 5.74) is -0.386. The molecule has 1 aromatic rings. The maximum atomic E-state index is 12.9. The quantitative estimate of drug-likeness (QED) is 0.729. The molecule has 0 aliphatic carbocycles. The highest BCUT2D eigenvalue weighted by molar-refractivity contribution is 6.30. The summed E-state index contributed by atoms with van der Waals surface area (Å²) in [6.07, 6.45) is 2.42. The summed E-state index contributed by atoms with van der Waals surface area (Å²) in [7, 11) is 3.52. The first kappa shape index (κ1) is 19.0. The zero-order chi connectivity index (χ0) is 17.4. The van der Waals surface area contributed by atoms with Crippen molar-refractivity contribution in [2.45, 2.75) is 19.3 Å². The van der Waals surface area contributed by atoms with Crippen LogP contribution >= 0.6 is 11.6 Å². The fraction of sp³-hybridized carbons (Fsp3) is 0.611. The van der Waals surface area contributed by atoms with Crippen LogP contribution in [0.5, 0.6) is 5.75 Å². The number of nitrogens with one attached hydrogen (secondary N) is 1. The van der Waals surface area contributed by atoms with Gasteiger partial charge in [-0.15, -0.1) is 0 Å². The molecular formula is C18H27ClN2O3. The van der Waals surface area contributed by atoms with E-state index in [1.807, 2.05) is 30.1 Å². The molecule has 1 heterocycles. The normalized spacial score (nSPS) is 16.6. The van der Waals surface area contributed by atoms with Gasteiger partial charge < -0.3 is 19.7 Å². The van der Waals surface area contributed by atoms with E-state index in [1.165, 1.54) is 0 Å². The first-order valence-corrected chi connectivity index (χ1v) is 8.79. The minimum Gasteiger partial charge on any atom is -0.493 e. The summed E-state index contributed by atoms with van der Waals surface area (Å²) in [5, 5.41) is 3.97. The van der Waals surface area contributed by atoms with Gasteiger partial charge in [-0.05, 0) is 50.6 Å². The minimum absolute atomic E-state index is 0.175. The number of methoxy groups -OCH3 is 1. The first-order chi connectivity index (χ1) is 11.6. The SMILES string of the molecule is COCC1(C(=O)N(C)CCCOc2cccc(Cl)c2)CCNCC1. The number of rotatable bonds is 8. The van der Waals surface area contributed by atoms with Gasteiger partial charge in [0.1, 0.15) is 5.75 Å². The molecule has 24 heavy (non-hydrogen) atoms. The summed E-state index contributed by atoms with van der Waals surface area (Å²) in [6, 6.07) is 7.34. The van der Waals surface area contributed by atoms with Gasteiger partial charge in [0.2, 0.25) is 5.91 Å². The molecule has 1 saturated heterocycles. The van der Waals surface area contributed by atoms with E-state index in [2.05, 4.69) is 5.32 Å². The number of halogens is 1. The van der Waals surface area contributed by atoms with E-state index in [4.69, 9.17) is 21.1 Å². The smallest absolute Gasteiger partial charge is 0.230 e. The van der Waals surface area contributed by atoms with E-state index in [1.54, 1.807) is 13.2 Å². The maximum absolute atomic E-state index is 12.9. The van der Waals surface area contributed by atoms with Gasteiger partial charge in [0.25, 0.3) is 0 Å². The molecule has 1 N–H and O–H groups in total. The molecule has 1 amide bonds. The highest BCUT2D eigenvalue weighted by Gasteiger charge is 2.41. The summed E-state index contributed by atoms with van der Waals surface area (Å²) in [4.78, 5) is 14.7. The Morgan fingerprint density at radius 2 is 2.12 bits per heavy atom. The van der Waals surface area contributed by atoms with E-state index >= 15 is 0 Å². The lowest BCUT2D eigenvalue weighted by Gasteiger charge is -2.38. The molecule has 6 heteroatoms. The molecule has 5 nitrogen and oxygen atoms in total. The van der Waals surface area contributed by atoms with Gasteiger partial charge in [-0.3, -0.25) is 4.79 Å². The van der Waals surface area contributed by atoms with Crippen molar-refractivity contribution < 1.29 is 14.3 Å². The number of piperidine rings is 1. The predicted octanol–water partition coefficient (Wildman–Crippen LogP) is 2.58. The van der Waals surface area contributed by atoms with E-state index in [9.17, 15) is 4.79 Å². The molecule has 0 bridgehead atoms. The van der Waals surface area contributed by atoms with Crippen LogP contribution in [0.25, 0.3) is 0 Å². The third-order valence-electron chi connectivity index (χ3n) is 4.48. The van der Waals surface area contributed by atoms with Crippen LogP contribution in [0.2, 0.25) is 5.02 Å². The molecule has 0 aromatic heterocycles. The Morgan fingerprint density at radius 3 is 2.79 bits per heavy atom. The van der Waals surface area contributed by atoms with Crippen LogP contribution in [-0.4, -0.2) is 57.8 Å². The first-order valence-electron chi connectivity index (χ1n) is 8.41. The van der Waals surface area contributed by atoms with Crippen molar-refractivity contribution in [3.05, 3.63) is 29.3 Å². The van der Waals surface area contributed by atoms with Gasteiger partial charge in [-0.25, -0.2) is 0 Å². The van der Waals surface area contributed by atoms with Crippen LogP contribution in [0.1, 0.15) is 19.3 Å². The number of hydrogen-bond acceptors (Lipinski definition) is 4. The summed E-state index contributed by atoms with van der Waals surface area (Å²) in [6.45, 7) is 3.42. The van der Waals surface area contributed by atoms with Gasteiger partial charge >= 0.3 is 0 Å². The lowest BCUT2D eigenvalue weighted by Crippen LogP contribution is -2.50. The standard InChI is InChI=1S/C18H27ClN2O3/c1-21(11-4-12-24-16-6-3-5-15(19)13-16)17(22)18(14-23-2)7-9-20-10-8-18/h3,5-6,13,20H,4,7-12,14H2,1-2H3. The number of hydrogen-bond donors (Lipinski definition) is 1. The Morgan fingerprint density at radius 1 is 1.38 bits per heavy atom. The number of carbonyl (C=O) groups is 1. The fourth-order valence-corrected chi connectivity index (χ4v) is 3.34. The molecule has 1 aliphatic rings. The van der Waals surface area contributed by atoms with Crippen LogP contribution in [0.4, 0.5) is 0 Å². The van der Waals surface area contributed by atoms with Crippen LogP contribution in [-0.2, 0) is 9.53 Å². The lowest BCUT2D eigenvalue weighted by atomic mass is 9.78. The zero-order valence-electron chi connectivity index (χ0n) is 14.5. The van der Waals surface area contributed by atoms with Crippen molar-refractivity contribution in [2.75, 3.05) is 47.0 Å². The number of nitrogens with zero attached hydrogens (tertiary/aromatic N) is 1. The zero-order valence-corrected chi connectivity index (χ0v) is 15.3. The molecule has 0 radical (unpaired) electrons. The number of amides is 1. The average Bonchev–Trinajstić information content (AvgIpc) is 2.59. The molecule has 1 fully saturated rings. The topological polar surface area (TPSA) is 50.8 Å². The highest BCUT2D eigenvalue weighted by Crippen LogP contribution is 2.31. The van der Waals surface area contributed by atoms with Crippen LogP contribution < -0.4 is 10.1 Å². The second kappa shape index (κ2) is 9.25. The van der Waals surface area contributed by atoms with E-state index < -0.39 is 0 Å². The lowest BCUT2D eigenvalue weighted by molar-refractivity contribution is -0.146. The van der Waals surface area contributed by atoms with Crippen LogP contribution in [0.15, 0.2) is 24.3 Å². The molecule has 0 spiro atoms. The Hall–Kier alpha value is -1.30. The predicted molar refractivity (Wildman–Crippen MR) is 95.6 cm³/mol. The summed E-state index contributed by atoms with van der Waals surface area (Å²) in [5.74, 6) is 0.930. The number of ether oxygens (including phenoxy) is 2. The molecule has 134 valence electrons. The largest absolute Gasteiger partial charge is 0.493 e. The van der Waals surface area contributed by atoms with Crippen molar-refractivity contribution in [3.63, 3.8) is 0 Å². The highest BCUT2D eigenvalue weighted by atomic mass is 35.5. The average molecular weight is 355 g/mol. The van der Waals surface area contributed by atoms with Crippen molar-refractivity contribution in [3.8, 4) is 5.75 Å². The Balaban J connectivity index is 1.80. The monoisotopic (exact) mass is 354 g/mol. The second-order valence-corrected chi connectivity index (χ2v) is 6.79. The van der Waals surface area contributed by atoms with Crippen molar-refractivity contribution >= 4 is 17.5 Å². The molecular weight excluding hydrogens is 328 g/mol. The van der Waals surface area contributed by atoms with Crippen molar-refractivity contribution in [2.24, 2.45) is 5.41 Å². The van der Waals surface area contributed by atoms with Crippen LogP contribution in [0.3, 0.4) is 0 Å². The van der Waals surface area contributed by atoms with E-state index in [0.29, 0.717) is 24.8 Å². The van der Waals surface area contributed by atoms with Crippen LogP contribution in [0, 0.1) is 5.41 Å². The fourth-order valence-electron chi connectivity index (χ4n) is 3.16. The number of carbonyl (C=O) groups excluding carboxylic acids is 1. The molecule has 0 saturated carbocycles. The van der Waals surface area contributed by atoms with Gasteiger partial charge in [-0.1, -0.05) is 17.7 Å². The summed E-state index contributed by atoms with van der Waals surface area (Å²) >= 11 is 5.93. The van der Waals surface area contributed by atoms with Gasteiger partial charge in [-0.2, -0.15) is 0 Å². The molecule has 0 unspecified atom stereocenters. The molecule has 1 aliphatic heterocycles. The Kier molecular flexibility index (Phi) is 7.34. The maximum Gasteiger partial charge on any atom is 0.230 e.